The van der Waals surface area contributed by atoms with Gasteiger partial charge in [0.2, 0.25) is 11.5 Å². The lowest BCUT2D eigenvalue weighted by atomic mass is 10.2. The van der Waals surface area contributed by atoms with Gasteiger partial charge in [-0.2, -0.15) is 5.26 Å². The molecule has 0 spiro atoms. The lowest BCUT2D eigenvalue weighted by Crippen LogP contribution is -2.42. The molecule has 27 heavy (non-hydrogen) atoms. The summed E-state index contributed by atoms with van der Waals surface area (Å²) < 4.78 is 6.17. The highest BCUT2D eigenvalue weighted by Gasteiger charge is 2.32. The van der Waals surface area contributed by atoms with Crippen molar-refractivity contribution in [1.29, 1.82) is 5.26 Å². The molecule has 140 valence electrons. The van der Waals surface area contributed by atoms with Crippen molar-refractivity contribution in [2.75, 3.05) is 26.2 Å². The van der Waals surface area contributed by atoms with Gasteiger partial charge in [0.1, 0.15) is 17.9 Å². The van der Waals surface area contributed by atoms with Gasteiger partial charge < -0.3 is 14.6 Å². The van der Waals surface area contributed by atoms with Crippen LogP contribution in [0, 0.1) is 11.3 Å². The second-order valence-corrected chi connectivity index (χ2v) is 7.18. The SMILES string of the molecule is N#CC1CCCN1C(=O)CN1CCC(Oc2cccc3[nH]c(=O)ccc23)C1. The predicted molar refractivity (Wildman–Crippen MR) is 100 cm³/mol. The van der Waals surface area contributed by atoms with Gasteiger partial charge in [-0.05, 0) is 37.5 Å². The molecular formula is C20H22N4O3. The van der Waals surface area contributed by atoms with Crippen LogP contribution in [0.4, 0.5) is 0 Å². The van der Waals surface area contributed by atoms with Crippen LogP contribution in [0.3, 0.4) is 0 Å². The van der Waals surface area contributed by atoms with Crippen LogP contribution in [0.1, 0.15) is 19.3 Å². The zero-order chi connectivity index (χ0) is 18.8. The molecule has 1 aromatic heterocycles. The Labute approximate surface area is 157 Å². The van der Waals surface area contributed by atoms with Crippen LogP contribution in [-0.2, 0) is 4.79 Å². The van der Waals surface area contributed by atoms with Gasteiger partial charge in [0.05, 0.1) is 18.1 Å². The number of rotatable bonds is 4. The smallest absolute Gasteiger partial charge is 0.248 e. The third-order valence-electron chi connectivity index (χ3n) is 5.33. The van der Waals surface area contributed by atoms with Crippen molar-refractivity contribution >= 4 is 16.8 Å². The van der Waals surface area contributed by atoms with Gasteiger partial charge in [0.15, 0.2) is 0 Å². The average molecular weight is 366 g/mol. The number of pyridine rings is 1. The maximum absolute atomic E-state index is 12.5. The molecule has 2 atom stereocenters. The summed E-state index contributed by atoms with van der Waals surface area (Å²) in [5.74, 6) is 0.772. The molecule has 0 radical (unpaired) electrons. The van der Waals surface area contributed by atoms with Crippen LogP contribution in [0.25, 0.3) is 10.9 Å². The number of carbonyl (C=O) groups is 1. The van der Waals surface area contributed by atoms with Crippen LogP contribution in [0.5, 0.6) is 5.75 Å². The number of H-pyrrole nitrogens is 1. The molecule has 1 amide bonds. The highest BCUT2D eigenvalue weighted by molar-refractivity contribution is 5.84. The number of benzene rings is 1. The molecule has 2 saturated heterocycles. The third-order valence-corrected chi connectivity index (χ3v) is 5.33. The summed E-state index contributed by atoms with van der Waals surface area (Å²) in [6, 6.07) is 10.8. The van der Waals surface area contributed by atoms with Crippen LogP contribution in [0.15, 0.2) is 35.1 Å². The van der Waals surface area contributed by atoms with Gasteiger partial charge >= 0.3 is 0 Å². The molecule has 7 nitrogen and oxygen atoms in total. The molecule has 3 heterocycles. The first-order valence-electron chi connectivity index (χ1n) is 9.34. The lowest BCUT2D eigenvalue weighted by Gasteiger charge is -2.23. The van der Waals surface area contributed by atoms with E-state index in [0.29, 0.717) is 19.6 Å². The molecule has 0 saturated carbocycles. The summed E-state index contributed by atoms with van der Waals surface area (Å²) in [7, 11) is 0. The zero-order valence-corrected chi connectivity index (χ0v) is 15.1. The minimum Gasteiger partial charge on any atom is -0.488 e. The zero-order valence-electron chi connectivity index (χ0n) is 15.1. The Morgan fingerprint density at radius 3 is 3.00 bits per heavy atom. The normalized spacial score (nSPS) is 22.9. The van der Waals surface area contributed by atoms with Gasteiger partial charge in [-0.1, -0.05) is 6.07 Å². The Morgan fingerprint density at radius 2 is 2.15 bits per heavy atom. The van der Waals surface area contributed by atoms with Crippen molar-refractivity contribution in [2.45, 2.75) is 31.4 Å². The number of nitrogens with one attached hydrogen (secondary N) is 1. The molecule has 2 unspecified atom stereocenters. The number of fused-ring (bicyclic) bond motifs is 1. The molecule has 2 fully saturated rings. The molecular weight excluding hydrogens is 344 g/mol. The van der Waals surface area contributed by atoms with Crippen LogP contribution < -0.4 is 10.3 Å². The first-order valence-corrected chi connectivity index (χ1v) is 9.34. The molecule has 2 aromatic rings. The van der Waals surface area contributed by atoms with E-state index in [4.69, 9.17) is 10.00 Å². The number of hydrogen-bond donors (Lipinski definition) is 1. The topological polar surface area (TPSA) is 89.4 Å². The molecule has 1 N–H and O–H groups in total. The number of carbonyl (C=O) groups excluding carboxylic acids is 1. The Hall–Kier alpha value is -2.85. The maximum atomic E-state index is 12.5. The van der Waals surface area contributed by atoms with Gasteiger partial charge in [0.25, 0.3) is 0 Å². The summed E-state index contributed by atoms with van der Waals surface area (Å²) in [5.41, 5.74) is 0.615. The first-order chi connectivity index (χ1) is 13.1. The average Bonchev–Trinajstić information content (AvgIpc) is 3.30. The summed E-state index contributed by atoms with van der Waals surface area (Å²) in [6.45, 7) is 2.49. The van der Waals surface area contributed by atoms with E-state index in [9.17, 15) is 9.59 Å². The Morgan fingerprint density at radius 1 is 1.26 bits per heavy atom. The van der Waals surface area contributed by atoms with E-state index in [2.05, 4.69) is 16.0 Å². The van der Waals surface area contributed by atoms with Gasteiger partial charge in [-0.15, -0.1) is 0 Å². The Kier molecular flexibility index (Phi) is 4.82. The third kappa shape index (κ3) is 3.67. The van der Waals surface area contributed by atoms with E-state index in [-0.39, 0.29) is 23.6 Å². The van der Waals surface area contributed by atoms with Gasteiger partial charge in [-0.25, -0.2) is 0 Å². The number of amides is 1. The van der Waals surface area contributed by atoms with Crippen molar-refractivity contribution in [3.05, 3.63) is 40.7 Å². The van der Waals surface area contributed by atoms with E-state index >= 15 is 0 Å². The summed E-state index contributed by atoms with van der Waals surface area (Å²) in [5, 5.41) is 10.0. The molecule has 2 aliphatic heterocycles. The van der Waals surface area contributed by atoms with Crippen molar-refractivity contribution in [3.8, 4) is 11.8 Å². The standard InChI is InChI=1S/C20H22N4O3/c21-11-14-3-2-9-24(14)20(26)13-23-10-8-15(12-23)27-18-5-1-4-17-16(18)6-7-19(25)22-17/h1,4-7,14-15H,2-3,8-10,12-13H2,(H,22,25). The van der Waals surface area contributed by atoms with Crippen LogP contribution in [0.2, 0.25) is 0 Å². The van der Waals surface area contributed by atoms with E-state index in [0.717, 1.165) is 42.5 Å². The van der Waals surface area contributed by atoms with Crippen molar-refractivity contribution in [3.63, 3.8) is 0 Å². The first kappa shape index (κ1) is 17.6. The molecule has 0 aliphatic carbocycles. The second kappa shape index (κ2) is 7.41. The highest BCUT2D eigenvalue weighted by atomic mass is 16.5. The molecule has 7 heteroatoms. The monoisotopic (exact) mass is 366 g/mol. The van der Waals surface area contributed by atoms with E-state index < -0.39 is 0 Å². The van der Waals surface area contributed by atoms with Gasteiger partial charge in [-0.3, -0.25) is 14.5 Å². The number of likely N-dealkylation sites (tertiary alicyclic amines) is 2. The van der Waals surface area contributed by atoms with E-state index in [1.165, 1.54) is 6.07 Å². The lowest BCUT2D eigenvalue weighted by molar-refractivity contribution is -0.132. The van der Waals surface area contributed by atoms with Crippen molar-refractivity contribution < 1.29 is 9.53 Å². The fourth-order valence-electron chi connectivity index (χ4n) is 3.96. The largest absolute Gasteiger partial charge is 0.488 e. The number of nitrogens with zero attached hydrogens (tertiary/aromatic N) is 3. The Balaban J connectivity index is 1.38. The summed E-state index contributed by atoms with van der Waals surface area (Å²) in [4.78, 5) is 30.6. The van der Waals surface area contributed by atoms with Crippen molar-refractivity contribution in [2.24, 2.45) is 0 Å². The quantitative estimate of drug-likeness (QED) is 0.886. The number of aromatic amines is 1. The minimum absolute atomic E-state index is 0.000620. The summed E-state index contributed by atoms with van der Waals surface area (Å²) >= 11 is 0. The van der Waals surface area contributed by atoms with E-state index in [1.54, 1.807) is 11.0 Å². The predicted octanol–water partition coefficient (Wildman–Crippen LogP) is 1.50. The second-order valence-electron chi connectivity index (χ2n) is 7.18. The summed E-state index contributed by atoms with van der Waals surface area (Å²) in [6.07, 6.45) is 2.52. The fourth-order valence-corrected chi connectivity index (χ4v) is 3.96. The van der Waals surface area contributed by atoms with Gasteiger partial charge in [0, 0.05) is 31.1 Å². The highest BCUT2D eigenvalue weighted by Crippen LogP contribution is 2.26. The van der Waals surface area contributed by atoms with Crippen LogP contribution >= 0.6 is 0 Å². The number of hydrogen-bond acceptors (Lipinski definition) is 5. The molecule has 1 aromatic carbocycles. The minimum atomic E-state index is -0.273. The number of aromatic nitrogens is 1. The number of ether oxygens (including phenoxy) is 1. The number of nitriles is 1. The molecule has 0 bridgehead atoms. The molecule has 2 aliphatic rings. The van der Waals surface area contributed by atoms with Crippen LogP contribution in [-0.4, -0.2) is 59.0 Å². The molecule has 4 rings (SSSR count). The fraction of sp³-hybridized carbons (Fsp3) is 0.450. The van der Waals surface area contributed by atoms with Crippen molar-refractivity contribution in [1.82, 2.24) is 14.8 Å². The maximum Gasteiger partial charge on any atom is 0.248 e. The Bertz CT molecular complexity index is 948. The van der Waals surface area contributed by atoms with E-state index in [1.807, 2.05) is 18.2 Å².